The maximum absolute atomic E-state index is 13.4. The van der Waals surface area contributed by atoms with E-state index in [0.717, 1.165) is 19.7 Å². The van der Waals surface area contributed by atoms with Gasteiger partial charge in [0.05, 0.1) is 19.1 Å². The second-order valence-electron chi connectivity index (χ2n) is 7.15. The van der Waals surface area contributed by atoms with Gasteiger partial charge in [-0.3, -0.25) is 13.9 Å². The molecule has 2 aromatic rings. The van der Waals surface area contributed by atoms with Crippen molar-refractivity contribution in [1.82, 2.24) is 10.2 Å². The van der Waals surface area contributed by atoms with Crippen molar-refractivity contribution in [2.24, 2.45) is 0 Å². The number of anilines is 1. The third-order valence-electron chi connectivity index (χ3n) is 4.94. The topological polar surface area (TPSA) is 96.0 Å². The molecule has 32 heavy (non-hydrogen) atoms. The molecule has 1 unspecified atom stereocenters. The summed E-state index contributed by atoms with van der Waals surface area (Å²) in [4.78, 5) is 27.3. The average Bonchev–Trinajstić information content (AvgIpc) is 2.77. The molecule has 0 aromatic heterocycles. The molecule has 0 saturated carbocycles. The van der Waals surface area contributed by atoms with Gasteiger partial charge in [-0.2, -0.15) is 0 Å². The molecule has 0 radical (unpaired) electrons. The SMILES string of the molecule is CCC(C(=O)NC)N(Cc1ccc(OC)cc1)C(=O)CN(c1ccc(I)cc1)S(C)(=O)=O. The van der Waals surface area contributed by atoms with Crippen LogP contribution in [-0.2, 0) is 26.2 Å². The summed E-state index contributed by atoms with van der Waals surface area (Å²) < 4.78 is 32.2. The second-order valence-corrected chi connectivity index (χ2v) is 10.3. The normalized spacial score (nSPS) is 12.0. The predicted molar refractivity (Wildman–Crippen MR) is 133 cm³/mol. The van der Waals surface area contributed by atoms with Gasteiger partial charge < -0.3 is 15.0 Å². The van der Waals surface area contributed by atoms with Crippen molar-refractivity contribution < 1.29 is 22.7 Å². The highest BCUT2D eigenvalue weighted by molar-refractivity contribution is 14.1. The standard InChI is InChI=1S/C22H28IN3O5S/c1-5-20(22(28)24-2)25(14-16-6-12-19(31-3)13-7-16)21(27)15-26(32(4,29)30)18-10-8-17(23)9-11-18/h6-13,20H,5,14-15H2,1-4H3,(H,24,28). The molecule has 0 heterocycles. The fourth-order valence-corrected chi connectivity index (χ4v) is 4.44. The van der Waals surface area contributed by atoms with Crippen LogP contribution in [0.4, 0.5) is 5.69 Å². The van der Waals surface area contributed by atoms with Gasteiger partial charge in [-0.25, -0.2) is 8.42 Å². The Morgan fingerprint density at radius 2 is 1.69 bits per heavy atom. The lowest BCUT2D eigenvalue weighted by Gasteiger charge is -2.32. The van der Waals surface area contributed by atoms with E-state index in [1.807, 2.05) is 19.1 Å². The molecule has 0 saturated heterocycles. The Morgan fingerprint density at radius 1 is 1.09 bits per heavy atom. The van der Waals surface area contributed by atoms with Gasteiger partial charge in [-0.05, 0) is 71.0 Å². The van der Waals surface area contributed by atoms with Crippen LogP contribution in [0.1, 0.15) is 18.9 Å². The van der Waals surface area contributed by atoms with Crippen LogP contribution in [-0.4, -0.2) is 58.1 Å². The van der Waals surface area contributed by atoms with Gasteiger partial charge >= 0.3 is 0 Å². The number of benzene rings is 2. The smallest absolute Gasteiger partial charge is 0.244 e. The minimum Gasteiger partial charge on any atom is -0.497 e. The molecule has 0 aliphatic rings. The lowest BCUT2D eigenvalue weighted by atomic mass is 10.1. The largest absolute Gasteiger partial charge is 0.497 e. The number of hydrogen-bond acceptors (Lipinski definition) is 5. The van der Waals surface area contributed by atoms with E-state index in [-0.39, 0.29) is 12.5 Å². The van der Waals surface area contributed by atoms with Crippen molar-refractivity contribution in [2.75, 3.05) is 31.3 Å². The molecular formula is C22H28IN3O5S. The first-order valence-corrected chi connectivity index (χ1v) is 12.9. The van der Waals surface area contributed by atoms with Gasteiger partial charge in [-0.1, -0.05) is 19.1 Å². The van der Waals surface area contributed by atoms with Gasteiger partial charge in [0, 0.05) is 17.2 Å². The number of likely N-dealkylation sites (N-methyl/N-ethyl adjacent to an activating group) is 1. The van der Waals surface area contributed by atoms with Gasteiger partial charge in [0.2, 0.25) is 21.8 Å². The predicted octanol–water partition coefficient (Wildman–Crippen LogP) is 2.62. The summed E-state index contributed by atoms with van der Waals surface area (Å²) in [6.07, 6.45) is 1.44. The number of rotatable bonds is 10. The van der Waals surface area contributed by atoms with Crippen LogP contribution in [0.25, 0.3) is 0 Å². The van der Waals surface area contributed by atoms with Crippen LogP contribution < -0.4 is 14.4 Å². The van der Waals surface area contributed by atoms with Gasteiger partial charge in [0.25, 0.3) is 0 Å². The van der Waals surface area contributed by atoms with E-state index in [2.05, 4.69) is 27.9 Å². The number of amides is 2. The first-order valence-electron chi connectivity index (χ1n) is 9.98. The highest BCUT2D eigenvalue weighted by Gasteiger charge is 2.31. The van der Waals surface area contributed by atoms with Crippen LogP contribution in [0, 0.1) is 3.57 Å². The molecule has 0 spiro atoms. The van der Waals surface area contributed by atoms with E-state index >= 15 is 0 Å². The zero-order valence-electron chi connectivity index (χ0n) is 18.5. The number of nitrogens with zero attached hydrogens (tertiary/aromatic N) is 2. The van der Waals surface area contributed by atoms with Crippen LogP contribution >= 0.6 is 22.6 Å². The molecule has 174 valence electrons. The molecule has 1 N–H and O–H groups in total. The van der Waals surface area contributed by atoms with E-state index < -0.39 is 28.5 Å². The summed E-state index contributed by atoms with van der Waals surface area (Å²) in [5.74, 6) is -0.110. The third kappa shape index (κ3) is 6.83. The van der Waals surface area contributed by atoms with E-state index in [4.69, 9.17) is 4.74 Å². The van der Waals surface area contributed by atoms with Gasteiger partial charge in [0.15, 0.2) is 0 Å². The summed E-state index contributed by atoms with van der Waals surface area (Å²) in [6, 6.07) is 13.3. The average molecular weight is 573 g/mol. The monoisotopic (exact) mass is 573 g/mol. The van der Waals surface area contributed by atoms with Crippen LogP contribution in [0.15, 0.2) is 48.5 Å². The van der Waals surface area contributed by atoms with Crippen LogP contribution in [0.2, 0.25) is 0 Å². The fraction of sp³-hybridized carbons (Fsp3) is 0.364. The quantitative estimate of drug-likeness (QED) is 0.441. The molecule has 2 rings (SSSR count). The molecule has 0 aliphatic carbocycles. The number of nitrogens with one attached hydrogen (secondary N) is 1. The molecule has 1 atom stereocenters. The zero-order valence-corrected chi connectivity index (χ0v) is 21.5. The summed E-state index contributed by atoms with van der Waals surface area (Å²) >= 11 is 2.12. The number of hydrogen-bond donors (Lipinski definition) is 1. The Balaban J connectivity index is 2.39. The molecule has 0 fully saturated rings. The number of sulfonamides is 1. The van der Waals surface area contributed by atoms with E-state index in [1.165, 1.54) is 11.9 Å². The van der Waals surface area contributed by atoms with Gasteiger partial charge in [-0.15, -0.1) is 0 Å². The number of halogens is 1. The maximum Gasteiger partial charge on any atom is 0.244 e. The minimum absolute atomic E-state index is 0.152. The lowest BCUT2D eigenvalue weighted by molar-refractivity contribution is -0.140. The van der Waals surface area contributed by atoms with Crippen molar-refractivity contribution in [1.29, 1.82) is 0 Å². The van der Waals surface area contributed by atoms with E-state index in [0.29, 0.717) is 17.9 Å². The van der Waals surface area contributed by atoms with Gasteiger partial charge in [0.1, 0.15) is 18.3 Å². The summed E-state index contributed by atoms with van der Waals surface area (Å²) in [6.45, 7) is 1.55. The Labute approximate surface area is 203 Å². The molecule has 2 aromatic carbocycles. The van der Waals surface area contributed by atoms with E-state index in [1.54, 1.807) is 43.5 Å². The fourth-order valence-electron chi connectivity index (χ4n) is 3.23. The number of carbonyl (C=O) groups is 2. The maximum atomic E-state index is 13.4. The lowest BCUT2D eigenvalue weighted by Crippen LogP contribution is -2.51. The summed E-state index contributed by atoms with van der Waals surface area (Å²) in [7, 11) is -0.660. The van der Waals surface area contributed by atoms with Crippen molar-refractivity contribution in [2.45, 2.75) is 25.9 Å². The highest BCUT2D eigenvalue weighted by atomic mass is 127. The van der Waals surface area contributed by atoms with Crippen molar-refractivity contribution in [3.05, 3.63) is 57.7 Å². The van der Waals surface area contributed by atoms with Crippen molar-refractivity contribution in [3.8, 4) is 5.75 Å². The van der Waals surface area contributed by atoms with Crippen molar-refractivity contribution >= 4 is 50.1 Å². The molecule has 10 heteroatoms. The summed E-state index contributed by atoms with van der Waals surface area (Å²) in [5.41, 5.74) is 1.18. The summed E-state index contributed by atoms with van der Waals surface area (Å²) in [5, 5.41) is 2.59. The minimum atomic E-state index is -3.73. The Morgan fingerprint density at radius 3 is 2.16 bits per heavy atom. The number of carbonyl (C=O) groups excluding carboxylic acids is 2. The van der Waals surface area contributed by atoms with Crippen molar-refractivity contribution in [3.63, 3.8) is 0 Å². The number of ether oxygens (including phenoxy) is 1. The molecule has 0 bridgehead atoms. The zero-order chi connectivity index (χ0) is 23.9. The van der Waals surface area contributed by atoms with E-state index in [9.17, 15) is 18.0 Å². The second kappa shape index (κ2) is 11.5. The first-order chi connectivity index (χ1) is 15.1. The molecule has 8 nitrogen and oxygen atoms in total. The Bertz CT molecular complexity index is 1030. The first kappa shape index (κ1) is 25.9. The Hall–Kier alpha value is -2.34. The van der Waals surface area contributed by atoms with Crippen LogP contribution in [0.3, 0.4) is 0 Å². The molecule has 2 amide bonds. The molecule has 0 aliphatic heterocycles. The highest BCUT2D eigenvalue weighted by Crippen LogP contribution is 2.21. The number of methoxy groups -OCH3 is 1. The third-order valence-corrected chi connectivity index (χ3v) is 6.80. The Kier molecular flexibility index (Phi) is 9.32. The molecular weight excluding hydrogens is 545 g/mol. The van der Waals surface area contributed by atoms with Crippen LogP contribution in [0.5, 0.6) is 5.75 Å².